The third kappa shape index (κ3) is 4.65. The van der Waals surface area contributed by atoms with E-state index in [4.69, 9.17) is 4.74 Å². The fourth-order valence-electron chi connectivity index (χ4n) is 3.23. The molecule has 2 nitrogen and oxygen atoms in total. The Morgan fingerprint density at radius 3 is 2.81 bits per heavy atom. The van der Waals surface area contributed by atoms with E-state index in [-0.39, 0.29) is 18.5 Å². The fraction of sp³-hybridized carbons (Fsp3) is 0.611. The lowest BCUT2D eigenvalue weighted by atomic mass is 9.75. The fourth-order valence-corrected chi connectivity index (χ4v) is 3.63. The normalized spacial score (nSPS) is 26.0. The monoisotopic (exact) mass is 352 g/mol. The van der Waals surface area contributed by atoms with Gasteiger partial charge in [-0.05, 0) is 42.7 Å². The van der Waals surface area contributed by atoms with E-state index in [1.54, 1.807) is 0 Å². The lowest BCUT2D eigenvalue weighted by molar-refractivity contribution is -0.0309. The average molecular weight is 353 g/mol. The lowest BCUT2D eigenvalue weighted by Crippen LogP contribution is -2.35. The molecule has 2 rings (SSSR count). The predicted octanol–water partition coefficient (Wildman–Crippen LogP) is 5.11. The number of benzene rings is 1. The predicted molar refractivity (Wildman–Crippen MR) is 89.6 cm³/mol. The quantitative estimate of drug-likeness (QED) is 0.688. The molecule has 1 aliphatic rings. The van der Waals surface area contributed by atoms with Crippen molar-refractivity contribution >= 4 is 21.7 Å². The molecule has 3 atom stereocenters. The first-order valence-electron chi connectivity index (χ1n) is 7.87. The molecular formula is C18H25BrO2. The minimum Gasteiger partial charge on any atom is -0.370 e. The first-order valence-corrected chi connectivity index (χ1v) is 8.67. The van der Waals surface area contributed by atoms with Gasteiger partial charge in [0.15, 0.2) is 5.78 Å². The zero-order valence-corrected chi connectivity index (χ0v) is 14.7. The summed E-state index contributed by atoms with van der Waals surface area (Å²) < 4.78 is 6.95. The number of Topliss-reactive ketones (excluding diaryl/α,β-unsaturated/α-hetero) is 1. The van der Waals surface area contributed by atoms with Crippen LogP contribution in [0.5, 0.6) is 0 Å². The second-order valence-electron chi connectivity index (χ2n) is 6.61. The molecule has 0 bridgehead atoms. The highest BCUT2D eigenvalue weighted by molar-refractivity contribution is 9.10. The van der Waals surface area contributed by atoms with Crippen molar-refractivity contribution < 1.29 is 9.53 Å². The summed E-state index contributed by atoms with van der Waals surface area (Å²) in [6, 6.07) is 7.52. The van der Waals surface area contributed by atoms with Crippen molar-refractivity contribution in [2.45, 2.75) is 46.1 Å². The van der Waals surface area contributed by atoms with Gasteiger partial charge in [0, 0.05) is 10.0 Å². The topological polar surface area (TPSA) is 26.3 Å². The van der Waals surface area contributed by atoms with Crippen molar-refractivity contribution in [3.8, 4) is 0 Å². The van der Waals surface area contributed by atoms with Gasteiger partial charge in [0.2, 0.25) is 0 Å². The molecule has 1 saturated carbocycles. The SMILES string of the molecule is CC1CCC(C(C)C)C(OCC(=O)c2cccc(Br)c2)C1. The van der Waals surface area contributed by atoms with Crippen LogP contribution in [0.4, 0.5) is 0 Å². The minimum absolute atomic E-state index is 0.0667. The number of ketones is 1. The molecule has 116 valence electrons. The van der Waals surface area contributed by atoms with Crippen LogP contribution >= 0.6 is 15.9 Å². The smallest absolute Gasteiger partial charge is 0.188 e. The van der Waals surface area contributed by atoms with Crippen LogP contribution in [0.1, 0.15) is 50.4 Å². The maximum atomic E-state index is 12.3. The zero-order valence-electron chi connectivity index (χ0n) is 13.1. The summed E-state index contributed by atoms with van der Waals surface area (Å²) in [7, 11) is 0. The van der Waals surface area contributed by atoms with Gasteiger partial charge in [-0.3, -0.25) is 4.79 Å². The van der Waals surface area contributed by atoms with Gasteiger partial charge >= 0.3 is 0 Å². The summed E-state index contributed by atoms with van der Waals surface area (Å²) in [6.45, 7) is 6.99. The van der Waals surface area contributed by atoms with Gasteiger partial charge in [-0.2, -0.15) is 0 Å². The highest BCUT2D eigenvalue weighted by atomic mass is 79.9. The van der Waals surface area contributed by atoms with Crippen molar-refractivity contribution in [1.29, 1.82) is 0 Å². The van der Waals surface area contributed by atoms with E-state index in [1.807, 2.05) is 24.3 Å². The van der Waals surface area contributed by atoms with Crippen molar-refractivity contribution in [3.05, 3.63) is 34.3 Å². The number of halogens is 1. The van der Waals surface area contributed by atoms with E-state index in [2.05, 4.69) is 36.7 Å². The third-order valence-corrected chi connectivity index (χ3v) is 5.03. The molecule has 0 aromatic heterocycles. The van der Waals surface area contributed by atoms with E-state index in [0.29, 0.717) is 23.3 Å². The highest BCUT2D eigenvalue weighted by Crippen LogP contribution is 2.35. The first kappa shape index (κ1) is 16.7. The summed E-state index contributed by atoms with van der Waals surface area (Å²) in [5.74, 6) is 1.96. The Hall–Kier alpha value is -0.670. The molecule has 21 heavy (non-hydrogen) atoms. The number of rotatable bonds is 5. The number of carbonyl (C=O) groups is 1. The molecule has 3 heteroatoms. The summed E-state index contributed by atoms with van der Waals surface area (Å²) in [5.41, 5.74) is 0.717. The summed E-state index contributed by atoms with van der Waals surface area (Å²) >= 11 is 3.40. The molecule has 0 amide bonds. The van der Waals surface area contributed by atoms with Crippen molar-refractivity contribution in [1.82, 2.24) is 0 Å². The van der Waals surface area contributed by atoms with Crippen LogP contribution in [0.2, 0.25) is 0 Å². The van der Waals surface area contributed by atoms with Gasteiger partial charge in [0.25, 0.3) is 0 Å². The van der Waals surface area contributed by atoms with Gasteiger partial charge in [0.05, 0.1) is 6.10 Å². The zero-order chi connectivity index (χ0) is 15.4. The Bertz CT molecular complexity index is 484. The Kier molecular flexibility index (Phi) is 6.00. The van der Waals surface area contributed by atoms with Crippen LogP contribution in [0.3, 0.4) is 0 Å². The molecule has 1 aliphatic carbocycles. The highest BCUT2D eigenvalue weighted by Gasteiger charge is 2.31. The lowest BCUT2D eigenvalue weighted by Gasteiger charge is -2.37. The van der Waals surface area contributed by atoms with E-state index < -0.39 is 0 Å². The van der Waals surface area contributed by atoms with Gasteiger partial charge < -0.3 is 4.74 Å². The molecule has 1 aromatic rings. The minimum atomic E-state index is 0.0667. The van der Waals surface area contributed by atoms with Crippen molar-refractivity contribution in [3.63, 3.8) is 0 Å². The van der Waals surface area contributed by atoms with Crippen molar-refractivity contribution in [2.75, 3.05) is 6.61 Å². The van der Waals surface area contributed by atoms with Gasteiger partial charge in [-0.25, -0.2) is 0 Å². The van der Waals surface area contributed by atoms with Crippen LogP contribution in [-0.4, -0.2) is 18.5 Å². The molecule has 0 N–H and O–H groups in total. The number of hydrogen-bond acceptors (Lipinski definition) is 2. The van der Waals surface area contributed by atoms with E-state index >= 15 is 0 Å². The molecule has 0 heterocycles. The molecule has 1 aromatic carbocycles. The Balaban J connectivity index is 1.95. The Morgan fingerprint density at radius 2 is 2.14 bits per heavy atom. The number of hydrogen-bond donors (Lipinski definition) is 0. The average Bonchev–Trinajstić information content (AvgIpc) is 2.44. The van der Waals surface area contributed by atoms with E-state index in [0.717, 1.165) is 10.9 Å². The molecule has 0 saturated heterocycles. The standard InChI is InChI=1S/C18H25BrO2/c1-12(2)16-8-7-13(3)9-18(16)21-11-17(20)14-5-4-6-15(19)10-14/h4-6,10,12-13,16,18H,7-9,11H2,1-3H3. The summed E-state index contributed by atoms with van der Waals surface area (Å²) in [6.07, 6.45) is 3.80. The van der Waals surface area contributed by atoms with Gasteiger partial charge in [-0.1, -0.05) is 55.3 Å². The summed E-state index contributed by atoms with van der Waals surface area (Å²) in [4.78, 5) is 12.3. The van der Waals surface area contributed by atoms with Crippen LogP contribution in [0.25, 0.3) is 0 Å². The number of ether oxygens (including phenoxy) is 1. The van der Waals surface area contributed by atoms with E-state index in [1.165, 1.54) is 12.8 Å². The van der Waals surface area contributed by atoms with Crippen LogP contribution < -0.4 is 0 Å². The Morgan fingerprint density at radius 1 is 1.38 bits per heavy atom. The molecule has 3 unspecified atom stereocenters. The van der Waals surface area contributed by atoms with Crippen LogP contribution in [-0.2, 0) is 4.74 Å². The maximum absolute atomic E-state index is 12.3. The van der Waals surface area contributed by atoms with Gasteiger partial charge in [-0.15, -0.1) is 0 Å². The molecule has 1 fully saturated rings. The number of carbonyl (C=O) groups excluding carboxylic acids is 1. The van der Waals surface area contributed by atoms with Crippen LogP contribution in [0, 0.1) is 17.8 Å². The first-order chi connectivity index (χ1) is 9.97. The molecular weight excluding hydrogens is 328 g/mol. The van der Waals surface area contributed by atoms with E-state index in [9.17, 15) is 4.79 Å². The molecule has 0 aliphatic heterocycles. The second kappa shape index (κ2) is 7.55. The summed E-state index contributed by atoms with van der Waals surface area (Å²) in [5, 5.41) is 0. The Labute approximate surface area is 136 Å². The largest absolute Gasteiger partial charge is 0.370 e. The maximum Gasteiger partial charge on any atom is 0.188 e. The van der Waals surface area contributed by atoms with Gasteiger partial charge in [0.1, 0.15) is 6.61 Å². The second-order valence-corrected chi connectivity index (χ2v) is 7.52. The van der Waals surface area contributed by atoms with Crippen molar-refractivity contribution in [2.24, 2.45) is 17.8 Å². The molecule has 0 radical (unpaired) electrons. The molecule has 0 spiro atoms. The van der Waals surface area contributed by atoms with Crippen LogP contribution in [0.15, 0.2) is 28.7 Å². The third-order valence-electron chi connectivity index (χ3n) is 4.54.